The second-order valence-corrected chi connectivity index (χ2v) is 6.47. The van der Waals surface area contributed by atoms with Gasteiger partial charge in [-0.05, 0) is 36.2 Å². The number of rotatable bonds is 7. The molecule has 0 aliphatic heterocycles. The van der Waals surface area contributed by atoms with Crippen LogP contribution in [0.15, 0.2) is 53.5 Å². The third-order valence-corrected chi connectivity index (χ3v) is 4.11. The molecule has 2 aromatic carbocycles. The number of aliphatic imine (C=N–C) groups is 1. The summed E-state index contributed by atoms with van der Waals surface area (Å²) in [5.41, 5.74) is 7.85. The fourth-order valence-electron chi connectivity index (χ4n) is 2.30. The van der Waals surface area contributed by atoms with Crippen molar-refractivity contribution in [1.82, 2.24) is 0 Å². The molecule has 0 aromatic heterocycles. The minimum atomic E-state index is 0.183. The van der Waals surface area contributed by atoms with Crippen molar-refractivity contribution < 1.29 is 4.74 Å². The van der Waals surface area contributed by atoms with Gasteiger partial charge in [0, 0.05) is 17.4 Å². The first-order valence-corrected chi connectivity index (χ1v) is 8.59. The average Bonchev–Trinajstić information content (AvgIpc) is 2.59. The first kappa shape index (κ1) is 18.9. The van der Waals surface area contributed by atoms with E-state index in [1.165, 1.54) is 0 Å². The van der Waals surface area contributed by atoms with E-state index in [4.69, 9.17) is 22.1 Å². The molecule has 25 heavy (non-hydrogen) atoms. The van der Waals surface area contributed by atoms with Gasteiger partial charge in [0.25, 0.3) is 0 Å². The van der Waals surface area contributed by atoms with Crippen LogP contribution in [0.25, 0.3) is 0 Å². The molecular formula is C19H25ClN4O. The van der Waals surface area contributed by atoms with E-state index in [0.717, 1.165) is 11.4 Å². The van der Waals surface area contributed by atoms with Crippen molar-refractivity contribution in [3.8, 4) is 5.75 Å². The molecule has 2 aromatic rings. The fourth-order valence-corrected chi connectivity index (χ4v) is 2.56. The van der Waals surface area contributed by atoms with Crippen molar-refractivity contribution in [3.05, 3.63) is 53.6 Å². The van der Waals surface area contributed by atoms with Gasteiger partial charge in [0.2, 0.25) is 0 Å². The second-order valence-electron chi connectivity index (χ2n) is 6.06. The van der Waals surface area contributed by atoms with Crippen LogP contribution in [0, 0.1) is 5.92 Å². The molecular weight excluding hydrogens is 336 g/mol. The Hall–Kier alpha value is -2.40. The normalized spacial score (nSPS) is 12.8. The Balaban J connectivity index is 1.98. The molecule has 0 saturated carbocycles. The summed E-state index contributed by atoms with van der Waals surface area (Å²) >= 11 is 6.12. The summed E-state index contributed by atoms with van der Waals surface area (Å²) in [6.07, 6.45) is 0. The van der Waals surface area contributed by atoms with Gasteiger partial charge in [0.15, 0.2) is 5.96 Å². The summed E-state index contributed by atoms with van der Waals surface area (Å²) < 4.78 is 5.14. The van der Waals surface area contributed by atoms with Crippen LogP contribution in [-0.2, 0) is 0 Å². The predicted molar refractivity (Wildman–Crippen MR) is 107 cm³/mol. The number of anilines is 2. The number of nitrogens with two attached hydrogens (primary N) is 1. The Labute approximate surface area is 154 Å². The van der Waals surface area contributed by atoms with Gasteiger partial charge >= 0.3 is 0 Å². The Morgan fingerprint density at radius 3 is 2.48 bits per heavy atom. The quantitative estimate of drug-likeness (QED) is 0.511. The first-order valence-electron chi connectivity index (χ1n) is 8.21. The van der Waals surface area contributed by atoms with Crippen molar-refractivity contribution >= 4 is 28.9 Å². The van der Waals surface area contributed by atoms with E-state index < -0.39 is 0 Å². The van der Waals surface area contributed by atoms with Gasteiger partial charge in [-0.25, -0.2) is 0 Å². The van der Waals surface area contributed by atoms with E-state index in [1.54, 1.807) is 19.2 Å². The minimum absolute atomic E-state index is 0.183. The van der Waals surface area contributed by atoms with E-state index in [9.17, 15) is 0 Å². The SMILES string of the molecule is COc1ccc(NC(N)=NCC(Nc2ccccc2)C(C)C)cc1Cl. The highest BCUT2D eigenvalue weighted by molar-refractivity contribution is 6.32. The number of nitrogens with one attached hydrogen (secondary N) is 2. The lowest BCUT2D eigenvalue weighted by Gasteiger charge is -2.22. The van der Waals surface area contributed by atoms with Crippen LogP contribution in [-0.4, -0.2) is 25.7 Å². The van der Waals surface area contributed by atoms with Crippen molar-refractivity contribution in [2.24, 2.45) is 16.6 Å². The fraction of sp³-hybridized carbons (Fsp3) is 0.316. The molecule has 0 heterocycles. The number of benzene rings is 2. The lowest BCUT2D eigenvalue weighted by atomic mass is 10.0. The Kier molecular flexibility index (Phi) is 6.95. The summed E-state index contributed by atoms with van der Waals surface area (Å²) in [5.74, 6) is 1.38. The number of nitrogens with zero attached hydrogens (tertiary/aromatic N) is 1. The number of hydrogen-bond acceptors (Lipinski definition) is 3. The summed E-state index contributed by atoms with van der Waals surface area (Å²) in [4.78, 5) is 4.46. The van der Waals surface area contributed by atoms with Crippen molar-refractivity contribution in [3.63, 3.8) is 0 Å². The Bertz CT molecular complexity index is 704. The van der Waals surface area contributed by atoms with Crippen LogP contribution < -0.4 is 21.1 Å². The molecule has 0 amide bonds. The predicted octanol–water partition coefficient (Wildman–Crippen LogP) is 4.21. The maximum atomic E-state index is 6.12. The molecule has 0 aliphatic carbocycles. The molecule has 5 nitrogen and oxygen atoms in total. The molecule has 6 heteroatoms. The minimum Gasteiger partial charge on any atom is -0.495 e. The zero-order valence-electron chi connectivity index (χ0n) is 14.8. The lowest BCUT2D eigenvalue weighted by molar-refractivity contribution is 0.415. The second kappa shape index (κ2) is 9.18. The molecule has 0 aliphatic rings. The maximum absolute atomic E-state index is 6.12. The van der Waals surface area contributed by atoms with Gasteiger partial charge in [0.05, 0.1) is 18.7 Å². The number of halogens is 1. The van der Waals surface area contributed by atoms with Gasteiger partial charge in [0.1, 0.15) is 5.75 Å². The Morgan fingerprint density at radius 2 is 1.88 bits per heavy atom. The summed E-state index contributed by atoms with van der Waals surface area (Å²) in [6.45, 7) is 4.88. The molecule has 0 radical (unpaired) electrons. The molecule has 1 unspecified atom stereocenters. The molecule has 0 bridgehead atoms. The van der Waals surface area contributed by atoms with Gasteiger partial charge < -0.3 is 21.1 Å². The molecule has 134 valence electrons. The van der Waals surface area contributed by atoms with Crippen molar-refractivity contribution in [1.29, 1.82) is 0 Å². The molecule has 0 saturated heterocycles. The molecule has 0 fully saturated rings. The number of guanidine groups is 1. The van der Waals surface area contributed by atoms with E-state index in [0.29, 0.717) is 29.2 Å². The van der Waals surface area contributed by atoms with Gasteiger partial charge in [-0.1, -0.05) is 43.6 Å². The topological polar surface area (TPSA) is 71.7 Å². The molecule has 1 atom stereocenters. The summed E-state index contributed by atoms with van der Waals surface area (Å²) in [5, 5.41) is 7.07. The molecule has 4 N–H and O–H groups in total. The van der Waals surface area contributed by atoms with Crippen LogP contribution >= 0.6 is 11.6 Å². The highest BCUT2D eigenvalue weighted by Gasteiger charge is 2.13. The van der Waals surface area contributed by atoms with E-state index in [2.05, 4.69) is 29.5 Å². The zero-order valence-corrected chi connectivity index (χ0v) is 15.5. The largest absolute Gasteiger partial charge is 0.495 e. The van der Waals surface area contributed by atoms with Crippen LogP contribution in [0.4, 0.5) is 11.4 Å². The first-order chi connectivity index (χ1) is 12.0. The number of methoxy groups -OCH3 is 1. The molecule has 0 spiro atoms. The van der Waals surface area contributed by atoms with Crippen LogP contribution in [0.3, 0.4) is 0 Å². The van der Waals surface area contributed by atoms with Crippen LogP contribution in [0.2, 0.25) is 5.02 Å². The summed E-state index contributed by atoms with van der Waals surface area (Å²) in [6, 6.07) is 15.7. The Morgan fingerprint density at radius 1 is 1.16 bits per heavy atom. The van der Waals surface area contributed by atoms with Gasteiger partial charge in [-0.15, -0.1) is 0 Å². The smallest absolute Gasteiger partial charge is 0.193 e. The highest BCUT2D eigenvalue weighted by Crippen LogP contribution is 2.27. The number of para-hydroxylation sites is 1. The van der Waals surface area contributed by atoms with E-state index >= 15 is 0 Å². The maximum Gasteiger partial charge on any atom is 0.193 e. The van der Waals surface area contributed by atoms with Crippen molar-refractivity contribution in [2.45, 2.75) is 19.9 Å². The monoisotopic (exact) mass is 360 g/mol. The molecule has 2 rings (SSSR count). The van der Waals surface area contributed by atoms with E-state index in [1.807, 2.05) is 36.4 Å². The summed E-state index contributed by atoms with van der Waals surface area (Å²) in [7, 11) is 1.58. The standard InChI is InChI=1S/C19H25ClN4O/c1-13(2)17(23-14-7-5-4-6-8-14)12-22-19(21)24-15-9-10-18(25-3)16(20)11-15/h4-11,13,17,23H,12H2,1-3H3,(H3,21,22,24). The van der Waals surface area contributed by atoms with Crippen LogP contribution in [0.1, 0.15) is 13.8 Å². The van der Waals surface area contributed by atoms with Crippen LogP contribution in [0.5, 0.6) is 5.75 Å². The number of hydrogen-bond donors (Lipinski definition) is 3. The van der Waals surface area contributed by atoms with Gasteiger partial charge in [-0.2, -0.15) is 0 Å². The zero-order chi connectivity index (χ0) is 18.2. The van der Waals surface area contributed by atoms with E-state index in [-0.39, 0.29) is 6.04 Å². The lowest BCUT2D eigenvalue weighted by Crippen LogP contribution is -2.31. The third kappa shape index (κ3) is 5.87. The number of ether oxygens (including phenoxy) is 1. The van der Waals surface area contributed by atoms with Crippen molar-refractivity contribution in [2.75, 3.05) is 24.3 Å². The van der Waals surface area contributed by atoms with Gasteiger partial charge in [-0.3, -0.25) is 4.99 Å². The highest BCUT2D eigenvalue weighted by atomic mass is 35.5. The third-order valence-electron chi connectivity index (χ3n) is 3.81. The average molecular weight is 361 g/mol.